The van der Waals surface area contributed by atoms with E-state index in [4.69, 9.17) is 0 Å². The van der Waals surface area contributed by atoms with Gasteiger partial charge < -0.3 is 0 Å². The summed E-state index contributed by atoms with van der Waals surface area (Å²) in [6.07, 6.45) is 3.88. The maximum absolute atomic E-state index is 13.7. The van der Waals surface area contributed by atoms with Crippen molar-refractivity contribution < 1.29 is 8.42 Å². The molecule has 0 bridgehead atoms. The highest BCUT2D eigenvalue weighted by molar-refractivity contribution is 7.90. The first-order valence-electron chi connectivity index (χ1n) is 12.1. The average Bonchev–Trinajstić information content (AvgIpc) is 3.30. The Labute approximate surface area is 207 Å². The monoisotopic (exact) mass is 479 g/mol. The number of para-hydroxylation sites is 1. The van der Waals surface area contributed by atoms with Gasteiger partial charge in [-0.05, 0) is 47.2 Å². The van der Waals surface area contributed by atoms with Gasteiger partial charge >= 0.3 is 0 Å². The topological polar surface area (TPSA) is 39.1 Å². The quantitative estimate of drug-likeness (QED) is 0.230. The van der Waals surface area contributed by atoms with Gasteiger partial charge in [0, 0.05) is 17.5 Å². The summed E-state index contributed by atoms with van der Waals surface area (Å²) >= 11 is 0. The van der Waals surface area contributed by atoms with Crippen LogP contribution in [0.4, 0.5) is 0 Å². The van der Waals surface area contributed by atoms with Crippen LogP contribution in [0.5, 0.6) is 0 Å². The van der Waals surface area contributed by atoms with Gasteiger partial charge in [-0.2, -0.15) is 0 Å². The van der Waals surface area contributed by atoms with Crippen LogP contribution in [0.15, 0.2) is 126 Å². The van der Waals surface area contributed by atoms with E-state index in [9.17, 15) is 8.42 Å². The van der Waals surface area contributed by atoms with Crippen LogP contribution < -0.4 is 0 Å². The van der Waals surface area contributed by atoms with Crippen molar-refractivity contribution >= 4 is 20.9 Å². The Morgan fingerprint density at radius 3 is 1.86 bits per heavy atom. The van der Waals surface area contributed by atoms with Crippen molar-refractivity contribution in [2.75, 3.05) is 0 Å². The number of benzene rings is 4. The standard InChI is InChI=1S/C31H29NO2S/c1-2-14-27(24-15-6-3-7-16-24)31(25-17-8-4-9-18-25)29-23-32(30-22-13-12-21-28(29)30)35(33,34)26-19-10-5-11-20-26/h3-13,15-23,27,31H,2,14H2,1H3/t27-,31+/m1/s1. The van der Waals surface area contributed by atoms with Crippen LogP contribution in [0.25, 0.3) is 10.9 Å². The first-order chi connectivity index (χ1) is 17.1. The van der Waals surface area contributed by atoms with E-state index in [1.807, 2.05) is 48.7 Å². The molecule has 5 aromatic rings. The number of hydrogen-bond donors (Lipinski definition) is 0. The highest BCUT2D eigenvalue weighted by Crippen LogP contribution is 2.44. The molecule has 0 aliphatic rings. The summed E-state index contributed by atoms with van der Waals surface area (Å²) in [5.41, 5.74) is 4.20. The summed E-state index contributed by atoms with van der Waals surface area (Å²) in [6.45, 7) is 2.21. The Hall–Kier alpha value is -3.63. The van der Waals surface area contributed by atoms with Crippen molar-refractivity contribution in [1.82, 2.24) is 3.97 Å². The molecule has 2 atom stereocenters. The molecule has 0 N–H and O–H groups in total. The molecule has 35 heavy (non-hydrogen) atoms. The van der Waals surface area contributed by atoms with Crippen LogP contribution in [0.1, 0.15) is 48.3 Å². The third-order valence-electron chi connectivity index (χ3n) is 6.73. The van der Waals surface area contributed by atoms with Crippen LogP contribution in [-0.2, 0) is 10.0 Å². The molecular weight excluding hydrogens is 450 g/mol. The molecule has 0 radical (unpaired) electrons. The van der Waals surface area contributed by atoms with Crippen molar-refractivity contribution in [1.29, 1.82) is 0 Å². The molecule has 0 saturated carbocycles. The molecule has 4 heteroatoms. The minimum absolute atomic E-state index is 0.00988. The number of fused-ring (bicyclic) bond motifs is 1. The van der Waals surface area contributed by atoms with Gasteiger partial charge in [0.05, 0.1) is 10.4 Å². The predicted octanol–water partition coefficient (Wildman–Crippen LogP) is 7.59. The van der Waals surface area contributed by atoms with E-state index in [1.54, 1.807) is 24.3 Å². The van der Waals surface area contributed by atoms with Gasteiger partial charge in [-0.3, -0.25) is 0 Å². The van der Waals surface area contributed by atoms with Crippen LogP contribution in [0.2, 0.25) is 0 Å². The van der Waals surface area contributed by atoms with Crippen molar-refractivity contribution in [3.05, 3.63) is 138 Å². The van der Waals surface area contributed by atoms with Crippen molar-refractivity contribution in [3.8, 4) is 0 Å². The van der Waals surface area contributed by atoms with E-state index >= 15 is 0 Å². The van der Waals surface area contributed by atoms with E-state index in [1.165, 1.54) is 15.1 Å². The Morgan fingerprint density at radius 2 is 1.23 bits per heavy atom. The molecule has 0 aliphatic heterocycles. The van der Waals surface area contributed by atoms with Gasteiger partial charge in [-0.15, -0.1) is 0 Å². The Kier molecular flexibility index (Phi) is 6.56. The molecular formula is C31H29NO2S. The van der Waals surface area contributed by atoms with Crippen molar-refractivity contribution in [2.45, 2.75) is 36.5 Å². The summed E-state index contributed by atoms with van der Waals surface area (Å²) < 4.78 is 29.0. The zero-order valence-corrected chi connectivity index (χ0v) is 20.6. The number of hydrogen-bond acceptors (Lipinski definition) is 2. The lowest BCUT2D eigenvalue weighted by molar-refractivity contribution is 0.552. The molecule has 5 rings (SSSR count). The van der Waals surface area contributed by atoms with Crippen LogP contribution in [-0.4, -0.2) is 12.4 Å². The lowest BCUT2D eigenvalue weighted by atomic mass is 9.75. The van der Waals surface area contributed by atoms with Crippen molar-refractivity contribution in [3.63, 3.8) is 0 Å². The van der Waals surface area contributed by atoms with Gasteiger partial charge in [0.25, 0.3) is 10.0 Å². The lowest BCUT2D eigenvalue weighted by Crippen LogP contribution is -2.14. The van der Waals surface area contributed by atoms with Gasteiger partial charge in [-0.25, -0.2) is 12.4 Å². The fourth-order valence-electron chi connectivity index (χ4n) is 5.15. The minimum atomic E-state index is -3.75. The maximum Gasteiger partial charge on any atom is 0.268 e. The zero-order valence-electron chi connectivity index (χ0n) is 19.8. The van der Waals surface area contributed by atoms with Gasteiger partial charge in [0.1, 0.15) is 0 Å². The molecule has 4 aromatic carbocycles. The van der Waals surface area contributed by atoms with E-state index in [2.05, 4.69) is 55.5 Å². The Balaban J connectivity index is 1.77. The van der Waals surface area contributed by atoms with Crippen LogP contribution in [0.3, 0.4) is 0 Å². The second-order valence-electron chi connectivity index (χ2n) is 8.91. The van der Waals surface area contributed by atoms with Gasteiger partial charge in [0.2, 0.25) is 0 Å². The van der Waals surface area contributed by atoms with E-state index in [0.717, 1.165) is 23.8 Å². The minimum Gasteiger partial charge on any atom is -0.241 e. The number of rotatable bonds is 8. The van der Waals surface area contributed by atoms with Gasteiger partial charge in [0.15, 0.2) is 0 Å². The number of aromatic nitrogens is 1. The molecule has 0 spiro atoms. The molecule has 1 heterocycles. The summed E-state index contributed by atoms with van der Waals surface area (Å²) in [4.78, 5) is 0.289. The second kappa shape index (κ2) is 9.93. The predicted molar refractivity (Wildman–Crippen MR) is 143 cm³/mol. The molecule has 1 aromatic heterocycles. The second-order valence-corrected chi connectivity index (χ2v) is 10.7. The molecule has 0 fully saturated rings. The highest BCUT2D eigenvalue weighted by atomic mass is 32.2. The summed E-state index contributed by atoms with van der Waals surface area (Å²) in [6, 6.07) is 37.6. The molecule has 0 saturated heterocycles. The summed E-state index contributed by atoms with van der Waals surface area (Å²) in [7, 11) is -3.75. The van der Waals surface area contributed by atoms with E-state index < -0.39 is 10.0 Å². The lowest BCUT2D eigenvalue weighted by Gasteiger charge is -2.28. The average molecular weight is 480 g/mol. The van der Waals surface area contributed by atoms with Crippen LogP contribution in [0, 0.1) is 0 Å². The molecule has 0 aliphatic carbocycles. The Bertz CT molecular complexity index is 1510. The highest BCUT2D eigenvalue weighted by Gasteiger charge is 2.30. The van der Waals surface area contributed by atoms with Crippen LogP contribution >= 0.6 is 0 Å². The first-order valence-corrected chi connectivity index (χ1v) is 13.6. The fraction of sp³-hybridized carbons (Fsp3) is 0.161. The van der Waals surface area contributed by atoms with E-state index in [-0.39, 0.29) is 16.7 Å². The SMILES string of the molecule is CCC[C@H](c1ccccc1)[C@H](c1ccccc1)c1cn(S(=O)(=O)c2ccccc2)c2ccccc12. The summed E-state index contributed by atoms with van der Waals surface area (Å²) in [5, 5.41) is 0.970. The maximum atomic E-state index is 13.7. The fourth-order valence-corrected chi connectivity index (χ4v) is 6.55. The van der Waals surface area contributed by atoms with Crippen molar-refractivity contribution in [2.24, 2.45) is 0 Å². The van der Waals surface area contributed by atoms with Gasteiger partial charge in [-0.1, -0.05) is 110 Å². The summed E-state index contributed by atoms with van der Waals surface area (Å²) in [5.74, 6) is 0.220. The number of nitrogens with zero attached hydrogens (tertiary/aromatic N) is 1. The first kappa shape index (κ1) is 23.1. The molecule has 3 nitrogen and oxygen atoms in total. The largest absolute Gasteiger partial charge is 0.268 e. The third-order valence-corrected chi connectivity index (χ3v) is 8.42. The zero-order chi connectivity index (χ0) is 24.3. The Morgan fingerprint density at radius 1 is 0.686 bits per heavy atom. The normalized spacial score (nSPS) is 13.5. The molecule has 0 unspecified atom stereocenters. The molecule has 176 valence electrons. The van der Waals surface area contributed by atoms with E-state index in [0.29, 0.717) is 5.52 Å². The molecule has 0 amide bonds. The third kappa shape index (κ3) is 4.42. The smallest absolute Gasteiger partial charge is 0.241 e.